The summed E-state index contributed by atoms with van der Waals surface area (Å²) in [4.78, 5) is 0. The SMILES string of the molecule is CC(C)C1C=C(Br)S(=O)(=O)C1. The Labute approximate surface area is 75.7 Å². The third-order valence-corrected chi connectivity index (χ3v) is 5.21. The van der Waals surface area contributed by atoms with E-state index in [-0.39, 0.29) is 11.7 Å². The van der Waals surface area contributed by atoms with E-state index in [1.54, 1.807) is 6.08 Å². The number of sulfone groups is 1. The maximum atomic E-state index is 11.2. The molecule has 0 amide bonds. The van der Waals surface area contributed by atoms with E-state index in [0.717, 1.165) is 0 Å². The molecule has 0 radical (unpaired) electrons. The van der Waals surface area contributed by atoms with Gasteiger partial charge in [-0.1, -0.05) is 19.9 Å². The lowest BCUT2D eigenvalue weighted by atomic mass is 9.99. The van der Waals surface area contributed by atoms with Crippen molar-refractivity contribution in [1.29, 1.82) is 0 Å². The third-order valence-electron chi connectivity index (χ3n) is 1.91. The average Bonchev–Trinajstić information content (AvgIpc) is 2.08. The summed E-state index contributed by atoms with van der Waals surface area (Å²) < 4.78 is 22.7. The molecule has 0 bridgehead atoms. The number of allylic oxidation sites excluding steroid dienone is 1. The van der Waals surface area contributed by atoms with Crippen molar-refractivity contribution in [2.45, 2.75) is 13.8 Å². The molecule has 0 aromatic rings. The van der Waals surface area contributed by atoms with Crippen LogP contribution in [-0.4, -0.2) is 14.2 Å². The molecule has 0 N–H and O–H groups in total. The molecular weight excluding hydrogens is 228 g/mol. The van der Waals surface area contributed by atoms with Crippen LogP contribution in [0, 0.1) is 11.8 Å². The van der Waals surface area contributed by atoms with Crippen molar-refractivity contribution in [1.82, 2.24) is 0 Å². The molecule has 0 aromatic heterocycles. The molecule has 1 rings (SSSR count). The van der Waals surface area contributed by atoms with Gasteiger partial charge in [0, 0.05) is 0 Å². The molecule has 4 heteroatoms. The lowest BCUT2D eigenvalue weighted by Crippen LogP contribution is -2.11. The molecule has 1 unspecified atom stereocenters. The van der Waals surface area contributed by atoms with Crippen LogP contribution in [0.5, 0.6) is 0 Å². The van der Waals surface area contributed by atoms with Crippen LogP contribution in [0.1, 0.15) is 13.8 Å². The van der Waals surface area contributed by atoms with Crippen molar-refractivity contribution >= 4 is 25.8 Å². The van der Waals surface area contributed by atoms with Gasteiger partial charge in [0.15, 0.2) is 9.84 Å². The summed E-state index contributed by atoms with van der Waals surface area (Å²) in [5.74, 6) is 0.861. The zero-order chi connectivity index (χ0) is 8.65. The van der Waals surface area contributed by atoms with Crippen LogP contribution < -0.4 is 0 Å². The highest BCUT2D eigenvalue weighted by atomic mass is 79.9. The standard InChI is InChI=1S/C7H11BrO2S/c1-5(2)6-3-7(8)11(9,10)4-6/h3,5-6H,4H2,1-2H3. The molecule has 0 saturated carbocycles. The molecule has 64 valence electrons. The maximum Gasteiger partial charge on any atom is 0.185 e. The summed E-state index contributed by atoms with van der Waals surface area (Å²) in [5, 5.41) is 0. The molecule has 0 spiro atoms. The van der Waals surface area contributed by atoms with E-state index < -0.39 is 9.84 Å². The van der Waals surface area contributed by atoms with Gasteiger partial charge in [-0.2, -0.15) is 0 Å². The van der Waals surface area contributed by atoms with Crippen molar-refractivity contribution in [3.8, 4) is 0 Å². The highest BCUT2D eigenvalue weighted by Crippen LogP contribution is 2.31. The fourth-order valence-corrected chi connectivity index (χ4v) is 3.30. The molecule has 1 aliphatic heterocycles. The highest BCUT2D eigenvalue weighted by Gasteiger charge is 2.29. The van der Waals surface area contributed by atoms with Gasteiger partial charge in [-0.3, -0.25) is 0 Å². The van der Waals surface area contributed by atoms with Gasteiger partial charge < -0.3 is 0 Å². The normalized spacial score (nSPS) is 29.1. The largest absolute Gasteiger partial charge is 0.223 e. The zero-order valence-electron chi connectivity index (χ0n) is 6.54. The molecule has 1 heterocycles. The minimum absolute atomic E-state index is 0.189. The van der Waals surface area contributed by atoms with Crippen LogP contribution in [0.3, 0.4) is 0 Å². The summed E-state index contributed by atoms with van der Waals surface area (Å²) in [7, 11) is -2.94. The quantitative estimate of drug-likeness (QED) is 0.700. The van der Waals surface area contributed by atoms with E-state index in [1.165, 1.54) is 0 Å². The number of rotatable bonds is 1. The van der Waals surface area contributed by atoms with Gasteiger partial charge in [-0.15, -0.1) is 0 Å². The first-order valence-corrected chi connectivity index (χ1v) is 5.98. The van der Waals surface area contributed by atoms with Crippen LogP contribution in [0.4, 0.5) is 0 Å². The third kappa shape index (κ3) is 1.85. The second-order valence-electron chi connectivity index (χ2n) is 3.16. The molecular formula is C7H11BrO2S. The first kappa shape index (κ1) is 9.26. The number of hydrogen-bond acceptors (Lipinski definition) is 2. The summed E-state index contributed by atoms with van der Waals surface area (Å²) in [6.45, 7) is 4.06. The first-order valence-electron chi connectivity index (χ1n) is 3.53. The van der Waals surface area contributed by atoms with Gasteiger partial charge in [-0.05, 0) is 27.8 Å². The van der Waals surface area contributed by atoms with Gasteiger partial charge in [0.1, 0.15) is 3.81 Å². The highest BCUT2D eigenvalue weighted by molar-refractivity contribution is 9.13. The Morgan fingerprint density at radius 3 is 2.36 bits per heavy atom. The van der Waals surface area contributed by atoms with Crippen molar-refractivity contribution < 1.29 is 8.42 Å². The minimum atomic E-state index is -2.94. The van der Waals surface area contributed by atoms with Crippen molar-refractivity contribution in [3.05, 3.63) is 9.89 Å². The van der Waals surface area contributed by atoms with Gasteiger partial charge in [-0.25, -0.2) is 8.42 Å². The smallest absolute Gasteiger partial charge is 0.185 e. The summed E-state index contributed by atoms with van der Waals surface area (Å²) in [6.07, 6.45) is 1.79. The van der Waals surface area contributed by atoms with Gasteiger partial charge in [0.2, 0.25) is 0 Å². The number of halogens is 1. The Balaban J connectivity index is 2.88. The second kappa shape index (κ2) is 2.90. The summed E-state index contributed by atoms with van der Waals surface area (Å²) in [5.41, 5.74) is 0. The fourth-order valence-electron chi connectivity index (χ4n) is 1.04. The molecule has 1 atom stereocenters. The molecule has 11 heavy (non-hydrogen) atoms. The molecule has 0 saturated heterocycles. The van der Waals surface area contributed by atoms with Crippen molar-refractivity contribution in [3.63, 3.8) is 0 Å². The first-order chi connectivity index (χ1) is 4.93. The van der Waals surface area contributed by atoms with Gasteiger partial charge >= 0.3 is 0 Å². The topological polar surface area (TPSA) is 34.1 Å². The summed E-state index contributed by atoms with van der Waals surface area (Å²) >= 11 is 3.04. The van der Waals surface area contributed by atoms with Gasteiger partial charge in [0.05, 0.1) is 5.75 Å². The lowest BCUT2D eigenvalue weighted by Gasteiger charge is -2.08. The van der Waals surface area contributed by atoms with E-state index in [2.05, 4.69) is 15.9 Å². The molecule has 0 fully saturated rings. The van der Waals surface area contributed by atoms with Crippen molar-refractivity contribution in [2.75, 3.05) is 5.75 Å². The average molecular weight is 239 g/mol. The Bertz CT molecular complexity index is 277. The fraction of sp³-hybridized carbons (Fsp3) is 0.714. The Morgan fingerprint density at radius 1 is 1.64 bits per heavy atom. The Morgan fingerprint density at radius 2 is 2.18 bits per heavy atom. The predicted octanol–water partition coefficient (Wildman–Crippen LogP) is 1.92. The maximum absolute atomic E-state index is 11.2. The van der Waals surface area contributed by atoms with Gasteiger partial charge in [0.25, 0.3) is 0 Å². The predicted molar refractivity (Wildman–Crippen MR) is 49.1 cm³/mol. The zero-order valence-corrected chi connectivity index (χ0v) is 8.94. The minimum Gasteiger partial charge on any atom is -0.223 e. The number of hydrogen-bond donors (Lipinski definition) is 0. The van der Waals surface area contributed by atoms with E-state index in [1.807, 2.05) is 13.8 Å². The van der Waals surface area contributed by atoms with E-state index >= 15 is 0 Å². The monoisotopic (exact) mass is 238 g/mol. The second-order valence-corrected chi connectivity index (χ2v) is 6.54. The molecule has 0 aliphatic carbocycles. The summed E-state index contributed by atoms with van der Waals surface area (Å²) in [6, 6.07) is 0. The molecule has 1 aliphatic rings. The Kier molecular flexibility index (Phi) is 2.44. The van der Waals surface area contributed by atoms with E-state index in [4.69, 9.17) is 0 Å². The van der Waals surface area contributed by atoms with E-state index in [9.17, 15) is 8.42 Å². The Hall–Kier alpha value is 0.170. The van der Waals surface area contributed by atoms with Crippen LogP contribution in [0.25, 0.3) is 0 Å². The van der Waals surface area contributed by atoms with Crippen LogP contribution >= 0.6 is 15.9 Å². The molecule has 2 nitrogen and oxygen atoms in total. The molecule has 0 aromatic carbocycles. The van der Waals surface area contributed by atoms with Crippen LogP contribution in [0.2, 0.25) is 0 Å². The van der Waals surface area contributed by atoms with Crippen LogP contribution in [-0.2, 0) is 9.84 Å². The lowest BCUT2D eigenvalue weighted by molar-refractivity contribution is 0.505. The van der Waals surface area contributed by atoms with E-state index in [0.29, 0.717) is 9.73 Å². The van der Waals surface area contributed by atoms with Crippen molar-refractivity contribution in [2.24, 2.45) is 11.8 Å². The van der Waals surface area contributed by atoms with Crippen LogP contribution in [0.15, 0.2) is 9.89 Å².